The van der Waals surface area contributed by atoms with Crippen LogP contribution < -0.4 is 0 Å². The third-order valence-electron chi connectivity index (χ3n) is 3.57. The highest BCUT2D eigenvalue weighted by Crippen LogP contribution is 2.35. The third-order valence-corrected chi connectivity index (χ3v) is 5.98. The van der Waals surface area contributed by atoms with E-state index >= 15 is 0 Å². The van der Waals surface area contributed by atoms with Crippen molar-refractivity contribution in [2.45, 2.75) is 38.1 Å². The first-order valence-corrected chi connectivity index (χ1v) is 8.73. The Morgan fingerprint density at radius 1 is 1.48 bits per heavy atom. The van der Waals surface area contributed by atoms with Gasteiger partial charge in [-0.2, -0.15) is 0 Å². The molecule has 0 aromatic heterocycles. The Morgan fingerprint density at radius 2 is 2.19 bits per heavy atom. The number of aliphatic carboxylic acids is 1. The molecule has 1 aromatic carbocycles. The van der Waals surface area contributed by atoms with Crippen LogP contribution in [0.1, 0.15) is 35.7 Å². The van der Waals surface area contributed by atoms with E-state index in [1.165, 1.54) is 4.90 Å². The molecule has 6 heteroatoms. The summed E-state index contributed by atoms with van der Waals surface area (Å²) in [5, 5.41) is 9.31. The van der Waals surface area contributed by atoms with Crippen LogP contribution in [0.4, 0.5) is 0 Å². The molecule has 1 N–H and O–H groups in total. The molecule has 0 bridgehead atoms. The summed E-state index contributed by atoms with van der Waals surface area (Å²) in [6.07, 6.45) is 1.73. The fourth-order valence-corrected chi connectivity index (χ4v) is 4.39. The molecule has 2 unspecified atom stereocenters. The largest absolute Gasteiger partial charge is 0.480 e. The number of thioether (sulfide) groups is 1. The molecule has 4 nitrogen and oxygen atoms in total. The summed E-state index contributed by atoms with van der Waals surface area (Å²) in [6, 6.07) is 4.73. The standard InChI is InChI=1S/C15H18BrNO3S/c1-3-5-12-17(11(8-21-12)15(19)20)14(18)10-7-4-6-9(2)13(10)16/h4,6-7,11-12H,3,5,8H2,1-2H3,(H,19,20). The highest BCUT2D eigenvalue weighted by atomic mass is 79.9. The molecule has 0 saturated carbocycles. The van der Waals surface area contributed by atoms with Gasteiger partial charge in [-0.1, -0.05) is 25.5 Å². The van der Waals surface area contributed by atoms with E-state index in [0.29, 0.717) is 11.3 Å². The second-order valence-electron chi connectivity index (χ2n) is 5.08. The predicted molar refractivity (Wildman–Crippen MR) is 87.6 cm³/mol. The fraction of sp³-hybridized carbons (Fsp3) is 0.467. The minimum atomic E-state index is -0.932. The van der Waals surface area contributed by atoms with Crippen LogP contribution in [0.25, 0.3) is 0 Å². The first-order chi connectivity index (χ1) is 9.97. The van der Waals surface area contributed by atoms with Gasteiger partial charge in [-0.25, -0.2) is 4.79 Å². The Hall–Kier alpha value is -1.01. The molecule has 1 heterocycles. The molecule has 0 aliphatic carbocycles. The third kappa shape index (κ3) is 3.26. The van der Waals surface area contributed by atoms with Crippen LogP contribution in [0.5, 0.6) is 0 Å². The molecule has 1 aromatic rings. The average Bonchev–Trinajstić information content (AvgIpc) is 2.85. The number of carboxylic acids is 1. The lowest BCUT2D eigenvalue weighted by Crippen LogP contribution is -2.45. The van der Waals surface area contributed by atoms with E-state index in [0.717, 1.165) is 22.9 Å². The van der Waals surface area contributed by atoms with Crippen LogP contribution >= 0.6 is 27.7 Å². The Labute approximate surface area is 137 Å². The summed E-state index contributed by atoms with van der Waals surface area (Å²) < 4.78 is 0.742. The van der Waals surface area contributed by atoms with Crippen molar-refractivity contribution in [3.63, 3.8) is 0 Å². The Morgan fingerprint density at radius 3 is 2.81 bits per heavy atom. The summed E-state index contributed by atoms with van der Waals surface area (Å²) in [4.78, 5) is 25.8. The number of carbonyl (C=O) groups is 2. The summed E-state index contributed by atoms with van der Waals surface area (Å²) in [5.74, 6) is -0.686. The topological polar surface area (TPSA) is 57.6 Å². The van der Waals surface area contributed by atoms with E-state index in [9.17, 15) is 14.7 Å². The van der Waals surface area contributed by atoms with Crippen LogP contribution in [0.2, 0.25) is 0 Å². The van der Waals surface area contributed by atoms with Crippen molar-refractivity contribution in [3.05, 3.63) is 33.8 Å². The lowest BCUT2D eigenvalue weighted by molar-refractivity contribution is -0.141. The zero-order valence-corrected chi connectivity index (χ0v) is 14.4. The molecule has 1 saturated heterocycles. The van der Waals surface area contributed by atoms with Gasteiger partial charge < -0.3 is 10.0 Å². The van der Waals surface area contributed by atoms with Crippen molar-refractivity contribution >= 4 is 39.6 Å². The van der Waals surface area contributed by atoms with Crippen molar-refractivity contribution in [1.82, 2.24) is 4.90 Å². The second-order valence-corrected chi connectivity index (χ2v) is 7.08. The van der Waals surface area contributed by atoms with Gasteiger partial charge in [-0.05, 0) is 40.9 Å². The lowest BCUT2D eigenvalue weighted by atomic mass is 10.1. The highest BCUT2D eigenvalue weighted by Gasteiger charge is 2.41. The minimum Gasteiger partial charge on any atom is -0.480 e. The van der Waals surface area contributed by atoms with Gasteiger partial charge in [0.15, 0.2) is 0 Å². The number of carbonyl (C=O) groups excluding carboxylic acids is 1. The number of carboxylic acid groups (broad SMARTS) is 1. The molecule has 1 aliphatic rings. The van der Waals surface area contributed by atoms with Crippen molar-refractivity contribution in [1.29, 1.82) is 0 Å². The maximum atomic E-state index is 12.8. The average molecular weight is 372 g/mol. The SMILES string of the molecule is CCCC1SCC(C(=O)O)N1C(=O)c1cccc(C)c1Br. The van der Waals surface area contributed by atoms with Crippen LogP contribution in [-0.2, 0) is 4.79 Å². The van der Waals surface area contributed by atoms with E-state index in [1.54, 1.807) is 17.8 Å². The quantitative estimate of drug-likeness (QED) is 0.879. The van der Waals surface area contributed by atoms with Crippen LogP contribution in [-0.4, -0.2) is 39.1 Å². The highest BCUT2D eigenvalue weighted by molar-refractivity contribution is 9.10. The molecule has 1 amide bonds. The number of benzene rings is 1. The Kier molecular flexibility index (Phi) is 5.32. The van der Waals surface area contributed by atoms with Crippen molar-refractivity contribution in [3.8, 4) is 0 Å². The van der Waals surface area contributed by atoms with E-state index in [-0.39, 0.29) is 11.3 Å². The summed E-state index contributed by atoms with van der Waals surface area (Å²) in [7, 11) is 0. The summed E-state index contributed by atoms with van der Waals surface area (Å²) >= 11 is 5.00. The Bertz CT molecular complexity index is 564. The molecule has 0 radical (unpaired) electrons. The van der Waals surface area contributed by atoms with Gasteiger partial charge in [-0.15, -0.1) is 11.8 Å². The van der Waals surface area contributed by atoms with Crippen LogP contribution in [0.3, 0.4) is 0 Å². The van der Waals surface area contributed by atoms with Gasteiger partial charge >= 0.3 is 5.97 Å². The molecule has 2 atom stereocenters. The van der Waals surface area contributed by atoms with Crippen molar-refractivity contribution < 1.29 is 14.7 Å². The number of amides is 1. The van der Waals surface area contributed by atoms with Gasteiger partial charge in [0.2, 0.25) is 0 Å². The first-order valence-electron chi connectivity index (χ1n) is 6.89. The summed E-state index contributed by atoms with van der Waals surface area (Å²) in [5.41, 5.74) is 1.50. The molecule has 1 aliphatic heterocycles. The number of aryl methyl sites for hydroxylation is 1. The van der Waals surface area contributed by atoms with E-state index in [4.69, 9.17) is 0 Å². The molecule has 1 fully saturated rings. The molecule has 2 rings (SSSR count). The molecular formula is C15H18BrNO3S. The van der Waals surface area contributed by atoms with E-state index < -0.39 is 12.0 Å². The van der Waals surface area contributed by atoms with Gasteiger partial charge in [0.25, 0.3) is 5.91 Å². The number of rotatable bonds is 4. The Balaban J connectivity index is 2.37. The minimum absolute atomic E-state index is 0.0592. The maximum Gasteiger partial charge on any atom is 0.327 e. The predicted octanol–water partition coefficient (Wildman–Crippen LogP) is 3.53. The fourth-order valence-electron chi connectivity index (χ4n) is 2.45. The number of hydrogen-bond donors (Lipinski definition) is 1. The molecule has 0 spiro atoms. The van der Waals surface area contributed by atoms with Gasteiger partial charge in [0.1, 0.15) is 6.04 Å². The normalized spacial score (nSPS) is 21.6. The monoisotopic (exact) mass is 371 g/mol. The number of hydrogen-bond acceptors (Lipinski definition) is 3. The molecule has 114 valence electrons. The van der Waals surface area contributed by atoms with Gasteiger partial charge in [0, 0.05) is 10.2 Å². The van der Waals surface area contributed by atoms with Gasteiger partial charge in [0.05, 0.1) is 10.9 Å². The maximum absolute atomic E-state index is 12.8. The van der Waals surface area contributed by atoms with Crippen molar-refractivity contribution in [2.24, 2.45) is 0 Å². The van der Waals surface area contributed by atoms with Crippen LogP contribution in [0.15, 0.2) is 22.7 Å². The van der Waals surface area contributed by atoms with Crippen LogP contribution in [0, 0.1) is 6.92 Å². The molecule has 21 heavy (non-hydrogen) atoms. The van der Waals surface area contributed by atoms with E-state index in [2.05, 4.69) is 15.9 Å². The zero-order chi connectivity index (χ0) is 15.6. The lowest BCUT2D eigenvalue weighted by Gasteiger charge is -2.27. The first kappa shape index (κ1) is 16.4. The van der Waals surface area contributed by atoms with Crippen molar-refractivity contribution in [2.75, 3.05) is 5.75 Å². The number of nitrogens with zero attached hydrogens (tertiary/aromatic N) is 1. The van der Waals surface area contributed by atoms with Gasteiger partial charge in [-0.3, -0.25) is 4.79 Å². The zero-order valence-electron chi connectivity index (χ0n) is 12.0. The number of halogens is 1. The molecular weight excluding hydrogens is 354 g/mol. The van der Waals surface area contributed by atoms with E-state index in [1.807, 2.05) is 26.0 Å². The summed E-state index contributed by atoms with van der Waals surface area (Å²) in [6.45, 7) is 3.96. The second kappa shape index (κ2) is 6.83. The smallest absolute Gasteiger partial charge is 0.327 e.